The van der Waals surface area contributed by atoms with Crippen molar-refractivity contribution < 1.29 is 4.74 Å². The smallest absolute Gasteiger partial charge is 0.226 e. The molecule has 0 fully saturated rings. The molecule has 0 aliphatic carbocycles. The summed E-state index contributed by atoms with van der Waals surface area (Å²) in [5.41, 5.74) is 2.24. The van der Waals surface area contributed by atoms with Crippen molar-refractivity contribution in [3.8, 4) is 5.88 Å². The van der Waals surface area contributed by atoms with E-state index in [1.54, 1.807) is 11.3 Å². The van der Waals surface area contributed by atoms with Crippen molar-refractivity contribution in [1.82, 2.24) is 9.97 Å². The molecule has 0 atom stereocenters. The van der Waals surface area contributed by atoms with Crippen LogP contribution in [0.25, 0.3) is 0 Å². The largest absolute Gasteiger partial charge is 0.478 e. The minimum atomic E-state index is 0.610. The van der Waals surface area contributed by atoms with E-state index in [-0.39, 0.29) is 0 Å². The summed E-state index contributed by atoms with van der Waals surface area (Å²) in [6.07, 6.45) is 0. The number of aryl methyl sites for hydroxylation is 3. The molecule has 0 bridgehead atoms. The SMILES string of the molecule is CCOc1cc(C)nc(NCc2cc(C)c(C)s2)n1. The van der Waals surface area contributed by atoms with Gasteiger partial charge in [0.1, 0.15) is 0 Å². The second-order valence-corrected chi connectivity index (χ2v) is 5.75. The van der Waals surface area contributed by atoms with Crippen LogP contribution in [0.4, 0.5) is 5.95 Å². The van der Waals surface area contributed by atoms with Crippen LogP contribution in [0, 0.1) is 20.8 Å². The molecule has 102 valence electrons. The van der Waals surface area contributed by atoms with Crippen molar-refractivity contribution in [3.05, 3.63) is 33.1 Å². The monoisotopic (exact) mass is 277 g/mol. The van der Waals surface area contributed by atoms with Gasteiger partial charge in [0.15, 0.2) is 0 Å². The number of aromatic nitrogens is 2. The maximum absolute atomic E-state index is 5.41. The lowest BCUT2D eigenvalue weighted by molar-refractivity contribution is 0.326. The molecule has 2 heterocycles. The zero-order chi connectivity index (χ0) is 13.8. The Morgan fingerprint density at radius 2 is 2.00 bits per heavy atom. The van der Waals surface area contributed by atoms with Crippen LogP contribution in [0.3, 0.4) is 0 Å². The molecule has 0 saturated carbocycles. The van der Waals surface area contributed by atoms with Crippen molar-refractivity contribution in [3.63, 3.8) is 0 Å². The minimum Gasteiger partial charge on any atom is -0.478 e. The molecular formula is C14H19N3OS. The normalized spacial score (nSPS) is 10.5. The van der Waals surface area contributed by atoms with E-state index in [9.17, 15) is 0 Å². The molecule has 2 rings (SSSR count). The number of ether oxygens (including phenoxy) is 1. The lowest BCUT2D eigenvalue weighted by Gasteiger charge is -2.07. The van der Waals surface area contributed by atoms with Gasteiger partial charge >= 0.3 is 0 Å². The number of rotatable bonds is 5. The Labute approximate surface area is 117 Å². The lowest BCUT2D eigenvalue weighted by Crippen LogP contribution is -2.05. The fourth-order valence-corrected chi connectivity index (χ4v) is 2.74. The van der Waals surface area contributed by atoms with Crippen molar-refractivity contribution in [2.75, 3.05) is 11.9 Å². The first-order chi connectivity index (χ1) is 9.08. The van der Waals surface area contributed by atoms with E-state index in [4.69, 9.17) is 4.74 Å². The van der Waals surface area contributed by atoms with Crippen LogP contribution in [-0.2, 0) is 6.54 Å². The third-order valence-electron chi connectivity index (χ3n) is 2.76. The summed E-state index contributed by atoms with van der Waals surface area (Å²) < 4.78 is 5.41. The molecule has 0 amide bonds. The van der Waals surface area contributed by atoms with Gasteiger partial charge in [0.25, 0.3) is 0 Å². The van der Waals surface area contributed by atoms with Gasteiger partial charge in [0, 0.05) is 21.5 Å². The molecule has 2 aromatic heterocycles. The molecule has 0 aliphatic heterocycles. The van der Waals surface area contributed by atoms with Crippen LogP contribution in [0.1, 0.15) is 27.9 Å². The van der Waals surface area contributed by atoms with Crippen molar-refractivity contribution >= 4 is 17.3 Å². The zero-order valence-electron chi connectivity index (χ0n) is 11.8. The summed E-state index contributed by atoms with van der Waals surface area (Å²) in [5, 5.41) is 3.25. The van der Waals surface area contributed by atoms with E-state index in [0.717, 1.165) is 12.2 Å². The first kappa shape index (κ1) is 13.8. The summed E-state index contributed by atoms with van der Waals surface area (Å²) >= 11 is 1.80. The molecule has 0 spiro atoms. The number of hydrogen-bond donors (Lipinski definition) is 1. The predicted molar refractivity (Wildman–Crippen MR) is 79.1 cm³/mol. The van der Waals surface area contributed by atoms with Gasteiger partial charge in [0.2, 0.25) is 11.8 Å². The first-order valence-electron chi connectivity index (χ1n) is 6.36. The van der Waals surface area contributed by atoms with Crippen LogP contribution in [0.5, 0.6) is 5.88 Å². The van der Waals surface area contributed by atoms with Crippen molar-refractivity contribution in [2.24, 2.45) is 0 Å². The highest BCUT2D eigenvalue weighted by atomic mass is 32.1. The Kier molecular flexibility index (Phi) is 4.37. The third kappa shape index (κ3) is 3.67. The van der Waals surface area contributed by atoms with Gasteiger partial charge in [-0.05, 0) is 39.3 Å². The maximum Gasteiger partial charge on any atom is 0.226 e. The molecule has 0 unspecified atom stereocenters. The molecule has 0 saturated heterocycles. The maximum atomic E-state index is 5.41. The Bertz CT molecular complexity index is 546. The summed E-state index contributed by atoms with van der Waals surface area (Å²) in [6, 6.07) is 4.04. The van der Waals surface area contributed by atoms with Gasteiger partial charge in [0.05, 0.1) is 13.2 Å². The van der Waals surface area contributed by atoms with Crippen molar-refractivity contribution in [2.45, 2.75) is 34.2 Å². The van der Waals surface area contributed by atoms with E-state index in [0.29, 0.717) is 18.4 Å². The highest BCUT2D eigenvalue weighted by molar-refractivity contribution is 7.12. The van der Waals surface area contributed by atoms with E-state index < -0.39 is 0 Å². The van der Waals surface area contributed by atoms with E-state index in [2.05, 4.69) is 35.2 Å². The highest BCUT2D eigenvalue weighted by Crippen LogP contribution is 2.21. The molecule has 4 nitrogen and oxygen atoms in total. The number of hydrogen-bond acceptors (Lipinski definition) is 5. The molecule has 1 N–H and O–H groups in total. The molecule has 0 aliphatic rings. The van der Waals surface area contributed by atoms with Gasteiger partial charge in [-0.25, -0.2) is 4.98 Å². The molecule has 5 heteroatoms. The van der Waals surface area contributed by atoms with Crippen LogP contribution in [0.2, 0.25) is 0 Å². The standard InChI is InChI=1S/C14H19N3OS/c1-5-18-13-7-10(3)16-14(17-13)15-8-12-6-9(2)11(4)19-12/h6-7H,5,8H2,1-4H3,(H,15,16,17). The van der Waals surface area contributed by atoms with Crippen LogP contribution in [-0.4, -0.2) is 16.6 Å². The second kappa shape index (κ2) is 6.02. The van der Waals surface area contributed by atoms with Gasteiger partial charge < -0.3 is 10.1 Å². The number of anilines is 1. The minimum absolute atomic E-state index is 0.610. The van der Waals surface area contributed by atoms with Gasteiger partial charge in [-0.15, -0.1) is 11.3 Å². The van der Waals surface area contributed by atoms with Gasteiger partial charge in [-0.2, -0.15) is 4.98 Å². The van der Waals surface area contributed by atoms with E-state index in [1.165, 1.54) is 15.3 Å². The summed E-state index contributed by atoms with van der Waals surface area (Å²) in [6.45, 7) is 9.51. The van der Waals surface area contributed by atoms with E-state index in [1.807, 2.05) is 19.9 Å². The van der Waals surface area contributed by atoms with Gasteiger partial charge in [-0.1, -0.05) is 0 Å². The van der Waals surface area contributed by atoms with Gasteiger partial charge in [-0.3, -0.25) is 0 Å². The highest BCUT2D eigenvalue weighted by Gasteiger charge is 2.05. The second-order valence-electron chi connectivity index (χ2n) is 4.41. The third-order valence-corrected chi connectivity index (χ3v) is 3.91. The molecule has 0 radical (unpaired) electrons. The Morgan fingerprint density at radius 3 is 2.63 bits per heavy atom. The topological polar surface area (TPSA) is 47.0 Å². The summed E-state index contributed by atoms with van der Waals surface area (Å²) in [4.78, 5) is 11.3. The number of thiophene rings is 1. The number of nitrogens with zero attached hydrogens (tertiary/aromatic N) is 2. The molecular weight excluding hydrogens is 258 g/mol. The Balaban J connectivity index is 2.06. The molecule has 19 heavy (non-hydrogen) atoms. The van der Waals surface area contributed by atoms with Crippen LogP contribution >= 0.6 is 11.3 Å². The fraction of sp³-hybridized carbons (Fsp3) is 0.429. The molecule has 2 aromatic rings. The first-order valence-corrected chi connectivity index (χ1v) is 7.18. The quantitative estimate of drug-likeness (QED) is 0.909. The van der Waals surface area contributed by atoms with Crippen LogP contribution in [0.15, 0.2) is 12.1 Å². The average Bonchev–Trinajstić information content (AvgIpc) is 2.66. The van der Waals surface area contributed by atoms with E-state index >= 15 is 0 Å². The predicted octanol–water partition coefficient (Wildman–Crippen LogP) is 3.47. The Hall–Kier alpha value is -1.62. The fourth-order valence-electron chi connectivity index (χ4n) is 1.74. The average molecular weight is 277 g/mol. The van der Waals surface area contributed by atoms with Crippen molar-refractivity contribution in [1.29, 1.82) is 0 Å². The lowest BCUT2D eigenvalue weighted by atomic mass is 10.3. The Morgan fingerprint density at radius 1 is 1.21 bits per heavy atom. The van der Waals surface area contributed by atoms with Crippen LogP contribution < -0.4 is 10.1 Å². The molecule has 0 aromatic carbocycles. The zero-order valence-corrected chi connectivity index (χ0v) is 12.6. The summed E-state index contributed by atoms with van der Waals surface area (Å²) in [5.74, 6) is 1.24. The summed E-state index contributed by atoms with van der Waals surface area (Å²) in [7, 11) is 0. The number of nitrogens with one attached hydrogen (secondary N) is 1.